The largest absolute Gasteiger partial charge is 0.492 e. The lowest BCUT2D eigenvalue weighted by molar-refractivity contribution is 0.0850. The SMILES string of the molecule is O=C1c2ccccc2OC[C@H]1CS(=O)(=O)C[C@@H]1COc2ccccc2C1=O. The number of para-hydroxylation sites is 2. The average molecular weight is 386 g/mol. The fourth-order valence-electron chi connectivity index (χ4n) is 3.49. The molecule has 0 amide bonds. The van der Waals surface area contributed by atoms with E-state index < -0.39 is 21.7 Å². The van der Waals surface area contributed by atoms with Gasteiger partial charge in [-0.15, -0.1) is 0 Å². The lowest BCUT2D eigenvalue weighted by atomic mass is 9.96. The molecule has 2 atom stereocenters. The first kappa shape index (κ1) is 17.7. The summed E-state index contributed by atoms with van der Waals surface area (Å²) >= 11 is 0. The molecule has 0 N–H and O–H groups in total. The predicted molar refractivity (Wildman–Crippen MR) is 98.2 cm³/mol. The quantitative estimate of drug-likeness (QED) is 0.801. The van der Waals surface area contributed by atoms with Gasteiger partial charge in [0, 0.05) is 0 Å². The number of sulfone groups is 1. The summed E-state index contributed by atoms with van der Waals surface area (Å²) < 4.78 is 36.4. The molecule has 0 unspecified atom stereocenters. The molecule has 27 heavy (non-hydrogen) atoms. The van der Waals surface area contributed by atoms with Crippen molar-refractivity contribution in [2.45, 2.75) is 0 Å². The Morgan fingerprint density at radius 2 is 1.15 bits per heavy atom. The highest BCUT2D eigenvalue weighted by atomic mass is 32.2. The lowest BCUT2D eigenvalue weighted by Gasteiger charge is -2.26. The number of ether oxygens (including phenoxy) is 2. The Morgan fingerprint density at radius 3 is 1.59 bits per heavy atom. The van der Waals surface area contributed by atoms with Gasteiger partial charge in [-0.1, -0.05) is 24.3 Å². The third-order valence-corrected chi connectivity index (χ3v) is 6.66. The molecule has 0 fully saturated rings. The van der Waals surface area contributed by atoms with Crippen molar-refractivity contribution in [1.29, 1.82) is 0 Å². The molecule has 6 nitrogen and oxygen atoms in total. The van der Waals surface area contributed by atoms with Crippen LogP contribution in [-0.4, -0.2) is 44.7 Å². The number of rotatable bonds is 4. The molecule has 0 radical (unpaired) electrons. The van der Waals surface area contributed by atoms with E-state index in [1.165, 1.54) is 0 Å². The van der Waals surface area contributed by atoms with Crippen molar-refractivity contribution in [3.05, 3.63) is 59.7 Å². The second kappa shape index (κ2) is 6.81. The molecule has 0 saturated carbocycles. The summed E-state index contributed by atoms with van der Waals surface area (Å²) in [6, 6.07) is 13.6. The highest BCUT2D eigenvalue weighted by Gasteiger charge is 2.36. The average Bonchev–Trinajstić information content (AvgIpc) is 2.66. The van der Waals surface area contributed by atoms with Crippen LogP contribution in [0, 0.1) is 11.8 Å². The summed E-state index contributed by atoms with van der Waals surface area (Å²) in [6.07, 6.45) is 0. The van der Waals surface area contributed by atoms with Crippen LogP contribution in [0.25, 0.3) is 0 Å². The molecule has 4 rings (SSSR count). The van der Waals surface area contributed by atoms with Gasteiger partial charge >= 0.3 is 0 Å². The van der Waals surface area contributed by atoms with E-state index in [-0.39, 0.29) is 36.3 Å². The van der Waals surface area contributed by atoms with E-state index in [0.29, 0.717) is 22.6 Å². The van der Waals surface area contributed by atoms with E-state index in [0.717, 1.165) is 0 Å². The Kier molecular flexibility index (Phi) is 4.47. The fourth-order valence-corrected chi connectivity index (χ4v) is 5.35. The second-order valence-corrected chi connectivity index (χ2v) is 8.97. The molecule has 7 heteroatoms. The molecule has 2 aliphatic rings. The van der Waals surface area contributed by atoms with E-state index in [9.17, 15) is 18.0 Å². The number of hydrogen-bond donors (Lipinski definition) is 0. The number of carbonyl (C=O) groups is 2. The van der Waals surface area contributed by atoms with Gasteiger partial charge in [0.25, 0.3) is 0 Å². The first-order chi connectivity index (χ1) is 12.9. The Hall–Kier alpha value is -2.67. The summed E-state index contributed by atoms with van der Waals surface area (Å²) in [5, 5.41) is 0. The number of ketones is 2. The molecule has 0 aliphatic carbocycles. The Morgan fingerprint density at radius 1 is 0.741 bits per heavy atom. The molecule has 0 aromatic heterocycles. The van der Waals surface area contributed by atoms with Crippen molar-refractivity contribution >= 4 is 21.4 Å². The summed E-state index contributed by atoms with van der Waals surface area (Å²) in [5.74, 6) is -1.74. The monoisotopic (exact) mass is 386 g/mol. The fraction of sp³-hybridized carbons (Fsp3) is 0.300. The molecular weight excluding hydrogens is 368 g/mol. The third kappa shape index (κ3) is 3.47. The molecule has 2 aliphatic heterocycles. The standard InChI is InChI=1S/C20H18O6S/c21-19-13(9-25-17-7-3-1-5-15(17)19)11-27(23,24)12-14-10-26-18-8-4-2-6-16(18)20(14)22/h1-8,13-14H,9-12H2/t13-,14-/m0/s1. The van der Waals surface area contributed by atoms with Crippen molar-refractivity contribution < 1.29 is 27.5 Å². The summed E-state index contributed by atoms with van der Waals surface area (Å²) in [5.41, 5.74) is 0.796. The van der Waals surface area contributed by atoms with Crippen molar-refractivity contribution in [2.75, 3.05) is 24.7 Å². The van der Waals surface area contributed by atoms with Gasteiger partial charge in [-0.05, 0) is 24.3 Å². The van der Waals surface area contributed by atoms with Crippen LogP contribution >= 0.6 is 0 Å². The van der Waals surface area contributed by atoms with Crippen LogP contribution in [0.5, 0.6) is 11.5 Å². The number of carbonyl (C=O) groups excluding carboxylic acids is 2. The van der Waals surface area contributed by atoms with Gasteiger partial charge in [-0.3, -0.25) is 9.59 Å². The van der Waals surface area contributed by atoms with E-state index in [2.05, 4.69) is 0 Å². The molecule has 2 aromatic rings. The molecule has 2 heterocycles. The van der Waals surface area contributed by atoms with E-state index in [1.54, 1.807) is 48.5 Å². The summed E-state index contributed by atoms with van der Waals surface area (Å²) in [7, 11) is -3.65. The highest BCUT2D eigenvalue weighted by Crippen LogP contribution is 2.30. The van der Waals surface area contributed by atoms with Crippen molar-refractivity contribution in [3.8, 4) is 11.5 Å². The van der Waals surface area contributed by atoms with Crippen LogP contribution in [0.1, 0.15) is 20.7 Å². The zero-order chi connectivity index (χ0) is 19.0. The Labute approximate surface area is 157 Å². The van der Waals surface area contributed by atoms with Gasteiger partial charge < -0.3 is 9.47 Å². The predicted octanol–water partition coefficient (Wildman–Crippen LogP) is 2.18. The molecule has 2 aromatic carbocycles. The molecule has 0 spiro atoms. The van der Waals surface area contributed by atoms with E-state index in [4.69, 9.17) is 9.47 Å². The van der Waals surface area contributed by atoms with Gasteiger partial charge in [0.05, 0.1) is 47.7 Å². The topological polar surface area (TPSA) is 86.7 Å². The van der Waals surface area contributed by atoms with Crippen LogP contribution in [0.2, 0.25) is 0 Å². The van der Waals surface area contributed by atoms with E-state index in [1.807, 2.05) is 0 Å². The first-order valence-corrected chi connectivity index (χ1v) is 10.5. The lowest BCUT2D eigenvalue weighted by Crippen LogP contribution is -2.38. The Balaban J connectivity index is 1.47. The maximum atomic E-state index is 12.7. The number of hydrogen-bond acceptors (Lipinski definition) is 6. The van der Waals surface area contributed by atoms with Crippen molar-refractivity contribution in [3.63, 3.8) is 0 Å². The van der Waals surface area contributed by atoms with Crippen LogP contribution in [0.15, 0.2) is 48.5 Å². The van der Waals surface area contributed by atoms with Crippen LogP contribution in [-0.2, 0) is 9.84 Å². The van der Waals surface area contributed by atoms with Gasteiger partial charge in [0.1, 0.15) is 11.5 Å². The second-order valence-electron chi connectivity index (χ2n) is 6.81. The van der Waals surface area contributed by atoms with Crippen molar-refractivity contribution in [2.24, 2.45) is 11.8 Å². The van der Waals surface area contributed by atoms with Gasteiger partial charge in [-0.2, -0.15) is 0 Å². The minimum Gasteiger partial charge on any atom is -0.492 e. The number of benzene rings is 2. The maximum absolute atomic E-state index is 12.7. The van der Waals surface area contributed by atoms with E-state index >= 15 is 0 Å². The molecule has 0 saturated heterocycles. The Bertz CT molecular complexity index is 935. The van der Waals surface area contributed by atoms with Gasteiger partial charge in [0.15, 0.2) is 21.4 Å². The van der Waals surface area contributed by atoms with Crippen molar-refractivity contribution in [1.82, 2.24) is 0 Å². The van der Waals surface area contributed by atoms with Gasteiger partial charge in [-0.25, -0.2) is 8.42 Å². The molecule has 140 valence electrons. The maximum Gasteiger partial charge on any atom is 0.174 e. The normalized spacial score (nSPS) is 21.6. The number of fused-ring (bicyclic) bond motifs is 2. The molecule has 0 bridgehead atoms. The third-order valence-electron chi connectivity index (χ3n) is 4.84. The van der Waals surface area contributed by atoms with Crippen LogP contribution in [0.4, 0.5) is 0 Å². The highest BCUT2D eigenvalue weighted by molar-refractivity contribution is 7.91. The zero-order valence-electron chi connectivity index (χ0n) is 14.5. The number of Topliss-reactive ketones (excluding diaryl/α,β-unsaturated/α-hetero) is 2. The van der Waals surface area contributed by atoms with Crippen LogP contribution in [0.3, 0.4) is 0 Å². The minimum atomic E-state index is -3.65. The van der Waals surface area contributed by atoms with Crippen LogP contribution < -0.4 is 9.47 Å². The van der Waals surface area contributed by atoms with Gasteiger partial charge in [0.2, 0.25) is 0 Å². The summed E-state index contributed by atoms with van der Waals surface area (Å²) in [4.78, 5) is 25.2. The molecular formula is C20H18O6S. The summed E-state index contributed by atoms with van der Waals surface area (Å²) in [6.45, 7) is 0.0417. The first-order valence-electron chi connectivity index (χ1n) is 8.67. The zero-order valence-corrected chi connectivity index (χ0v) is 15.3. The smallest absolute Gasteiger partial charge is 0.174 e. The minimum absolute atomic E-state index is 0.0209.